The molecule has 3 heterocycles. The predicted octanol–water partition coefficient (Wildman–Crippen LogP) is 16.1. The summed E-state index contributed by atoms with van der Waals surface area (Å²) in [7, 11) is 0. The lowest BCUT2D eigenvalue weighted by Gasteiger charge is -2.19. The summed E-state index contributed by atoms with van der Waals surface area (Å²) in [5.41, 5.74) is 19.3. The SMILES string of the molecule is Cc1ccc(-c2cc(-n3c4ccc(-c5ccccc5)cc4c4cc(-c5ccccc5)ccc43)c(C#N)c(-n3c4ccc(-c5ccccc5)cc4c4cc(-c5ccccc5)ccc43)c2)c(C)n1. The maximum atomic E-state index is 11.7. The molecule has 0 unspecified atom stereocenters. The topological polar surface area (TPSA) is 46.5 Å². The van der Waals surface area contributed by atoms with Crippen molar-refractivity contribution >= 4 is 43.6 Å². The van der Waals surface area contributed by atoms with Crippen molar-refractivity contribution in [3.63, 3.8) is 0 Å². The Morgan fingerprint density at radius 2 is 0.682 bits per heavy atom. The molecule has 12 rings (SSSR count). The molecule has 12 aromatic rings. The van der Waals surface area contributed by atoms with Gasteiger partial charge in [-0.25, -0.2) is 0 Å². The van der Waals surface area contributed by atoms with Gasteiger partial charge in [-0.1, -0.05) is 152 Å². The summed E-state index contributed by atoms with van der Waals surface area (Å²) in [5, 5.41) is 16.2. The molecule has 0 saturated carbocycles. The number of hydrogen-bond acceptors (Lipinski definition) is 2. The number of aryl methyl sites for hydroxylation is 2. The molecule has 0 aliphatic rings. The molecule has 0 spiro atoms. The highest BCUT2D eigenvalue weighted by atomic mass is 15.0. The molecule has 4 nitrogen and oxygen atoms in total. The summed E-state index contributed by atoms with van der Waals surface area (Å²) >= 11 is 0. The van der Waals surface area contributed by atoms with Crippen LogP contribution in [0.5, 0.6) is 0 Å². The van der Waals surface area contributed by atoms with Crippen LogP contribution in [-0.4, -0.2) is 14.1 Å². The highest BCUT2D eigenvalue weighted by molar-refractivity contribution is 6.14. The van der Waals surface area contributed by atoms with Gasteiger partial charge in [-0.2, -0.15) is 5.26 Å². The van der Waals surface area contributed by atoms with Gasteiger partial charge in [0, 0.05) is 38.5 Å². The molecule has 9 aromatic carbocycles. The van der Waals surface area contributed by atoms with Gasteiger partial charge in [-0.05, 0) is 131 Å². The molecule has 310 valence electrons. The Balaban J connectivity index is 1.19. The molecule has 0 radical (unpaired) electrons. The van der Waals surface area contributed by atoms with Gasteiger partial charge in [0.25, 0.3) is 0 Å². The van der Waals surface area contributed by atoms with Crippen molar-refractivity contribution in [1.29, 1.82) is 5.26 Å². The van der Waals surface area contributed by atoms with Gasteiger partial charge >= 0.3 is 0 Å². The van der Waals surface area contributed by atoms with E-state index >= 15 is 0 Å². The largest absolute Gasteiger partial charge is 0.308 e. The number of nitrogens with zero attached hydrogens (tertiary/aromatic N) is 4. The minimum absolute atomic E-state index is 0.576. The van der Waals surface area contributed by atoms with Crippen LogP contribution in [0.1, 0.15) is 17.0 Å². The molecule has 0 N–H and O–H groups in total. The number of benzene rings is 9. The van der Waals surface area contributed by atoms with Crippen molar-refractivity contribution in [1.82, 2.24) is 14.1 Å². The number of rotatable bonds is 7. The first-order valence-corrected chi connectivity index (χ1v) is 22.4. The maximum absolute atomic E-state index is 11.7. The van der Waals surface area contributed by atoms with E-state index in [2.05, 4.69) is 241 Å². The number of fused-ring (bicyclic) bond motifs is 6. The first-order chi connectivity index (χ1) is 32.5. The van der Waals surface area contributed by atoms with Gasteiger partial charge in [-0.3, -0.25) is 4.98 Å². The molecule has 3 aromatic heterocycles. The second-order valence-corrected chi connectivity index (χ2v) is 17.1. The van der Waals surface area contributed by atoms with Crippen LogP contribution in [0.3, 0.4) is 0 Å². The fourth-order valence-electron chi connectivity index (χ4n) is 10.0. The second kappa shape index (κ2) is 15.8. The van der Waals surface area contributed by atoms with Crippen molar-refractivity contribution in [2.45, 2.75) is 13.8 Å². The van der Waals surface area contributed by atoms with Gasteiger partial charge in [0.2, 0.25) is 0 Å². The third kappa shape index (κ3) is 6.48. The van der Waals surface area contributed by atoms with Crippen LogP contribution in [0.25, 0.3) is 111 Å². The summed E-state index contributed by atoms with van der Waals surface area (Å²) in [4.78, 5) is 4.95. The third-order valence-corrected chi connectivity index (χ3v) is 13.2. The molecule has 0 aliphatic heterocycles. The van der Waals surface area contributed by atoms with E-state index in [1.54, 1.807) is 0 Å². The van der Waals surface area contributed by atoms with Crippen molar-refractivity contribution < 1.29 is 0 Å². The molecule has 66 heavy (non-hydrogen) atoms. The fourth-order valence-corrected chi connectivity index (χ4v) is 10.0. The quantitative estimate of drug-likeness (QED) is 0.160. The summed E-state index contributed by atoms with van der Waals surface area (Å²) in [6.07, 6.45) is 0. The Labute approximate surface area is 383 Å². The number of pyridine rings is 1. The lowest BCUT2D eigenvalue weighted by Crippen LogP contribution is -2.06. The van der Waals surface area contributed by atoms with E-state index in [-0.39, 0.29) is 0 Å². The Morgan fingerprint density at radius 1 is 0.348 bits per heavy atom. The molecule has 0 fully saturated rings. The van der Waals surface area contributed by atoms with E-state index in [0.717, 1.165) is 122 Å². The van der Waals surface area contributed by atoms with E-state index in [1.807, 2.05) is 6.92 Å². The zero-order chi connectivity index (χ0) is 44.3. The maximum Gasteiger partial charge on any atom is 0.104 e. The molecular formula is C62H42N4. The van der Waals surface area contributed by atoms with E-state index in [1.165, 1.54) is 0 Å². The summed E-state index contributed by atoms with van der Waals surface area (Å²) in [5.74, 6) is 0. The summed E-state index contributed by atoms with van der Waals surface area (Å²) < 4.78 is 4.62. The van der Waals surface area contributed by atoms with Gasteiger partial charge in [0.15, 0.2) is 0 Å². The molecule has 0 aliphatic carbocycles. The van der Waals surface area contributed by atoms with E-state index in [4.69, 9.17) is 4.98 Å². The minimum Gasteiger partial charge on any atom is -0.308 e. The van der Waals surface area contributed by atoms with E-state index in [0.29, 0.717) is 5.56 Å². The van der Waals surface area contributed by atoms with Crippen LogP contribution < -0.4 is 0 Å². The van der Waals surface area contributed by atoms with E-state index in [9.17, 15) is 5.26 Å². The number of aromatic nitrogens is 3. The Kier molecular flexibility index (Phi) is 9.29. The number of hydrogen-bond donors (Lipinski definition) is 0. The number of nitriles is 1. The van der Waals surface area contributed by atoms with E-state index < -0.39 is 0 Å². The first kappa shape index (κ1) is 38.9. The highest BCUT2D eigenvalue weighted by Gasteiger charge is 2.24. The summed E-state index contributed by atoms with van der Waals surface area (Å²) in [6, 6.07) is 80.6. The zero-order valence-electron chi connectivity index (χ0n) is 36.6. The Morgan fingerprint density at radius 3 is 0.985 bits per heavy atom. The van der Waals surface area contributed by atoms with Crippen molar-refractivity contribution in [3.8, 4) is 73.1 Å². The summed E-state index contributed by atoms with van der Waals surface area (Å²) in [6.45, 7) is 4.11. The monoisotopic (exact) mass is 842 g/mol. The predicted molar refractivity (Wildman–Crippen MR) is 274 cm³/mol. The van der Waals surface area contributed by atoms with Crippen LogP contribution in [-0.2, 0) is 0 Å². The molecule has 0 bridgehead atoms. The van der Waals surface area contributed by atoms with Crippen molar-refractivity contribution in [3.05, 3.63) is 235 Å². The van der Waals surface area contributed by atoms with Gasteiger partial charge in [0.1, 0.15) is 11.6 Å². The average Bonchev–Trinajstić information content (AvgIpc) is 3.88. The molecule has 0 amide bonds. The second-order valence-electron chi connectivity index (χ2n) is 17.1. The lowest BCUT2D eigenvalue weighted by molar-refractivity contribution is 1.11. The first-order valence-electron chi connectivity index (χ1n) is 22.4. The molecule has 0 atom stereocenters. The van der Waals surface area contributed by atoms with Crippen LogP contribution in [0.4, 0.5) is 0 Å². The molecule has 4 heteroatoms. The van der Waals surface area contributed by atoms with Crippen molar-refractivity contribution in [2.24, 2.45) is 0 Å². The lowest BCUT2D eigenvalue weighted by atomic mass is 9.98. The smallest absolute Gasteiger partial charge is 0.104 e. The van der Waals surface area contributed by atoms with Crippen molar-refractivity contribution in [2.75, 3.05) is 0 Å². The standard InChI is InChI=1S/C62H42N4/c1-40-23-28-51(41(2)64-40)50-37-61(65-57-29-24-46(42-15-7-3-8-16-42)33-52(57)53-34-47(25-30-58(53)65)43-17-9-4-10-18-43)56(39-63)62(38-50)66-59-31-26-48(44-19-11-5-12-20-44)35-54(59)55-36-49(27-32-60(55)66)45-21-13-6-14-22-45/h3-38H,1-2H3. The van der Waals surface area contributed by atoms with Gasteiger partial charge in [-0.15, -0.1) is 0 Å². The Hall–Kier alpha value is -8.78. The highest BCUT2D eigenvalue weighted by Crippen LogP contribution is 2.43. The van der Waals surface area contributed by atoms with Crippen LogP contribution in [0.2, 0.25) is 0 Å². The molecule has 0 saturated heterocycles. The average molecular weight is 843 g/mol. The van der Waals surface area contributed by atoms with Crippen LogP contribution in [0, 0.1) is 25.2 Å². The van der Waals surface area contributed by atoms with Crippen LogP contribution >= 0.6 is 0 Å². The normalized spacial score (nSPS) is 11.5. The fraction of sp³-hybridized carbons (Fsp3) is 0.0323. The zero-order valence-corrected chi connectivity index (χ0v) is 36.6. The third-order valence-electron chi connectivity index (χ3n) is 13.2. The molecular weight excluding hydrogens is 801 g/mol. The minimum atomic E-state index is 0.576. The Bertz CT molecular complexity index is 3460. The van der Waals surface area contributed by atoms with Gasteiger partial charge < -0.3 is 9.13 Å². The van der Waals surface area contributed by atoms with Gasteiger partial charge in [0.05, 0.1) is 33.4 Å². The van der Waals surface area contributed by atoms with Crippen LogP contribution in [0.15, 0.2) is 218 Å².